The molecule has 2 aromatic rings. The van der Waals surface area contributed by atoms with Crippen molar-refractivity contribution in [3.8, 4) is 0 Å². The zero-order valence-corrected chi connectivity index (χ0v) is 13.7. The molecule has 0 bridgehead atoms. The highest BCUT2D eigenvalue weighted by molar-refractivity contribution is 5.86. The molecule has 2 N–H and O–H groups in total. The lowest BCUT2D eigenvalue weighted by atomic mass is 9.73. The molecule has 1 saturated heterocycles. The van der Waals surface area contributed by atoms with Gasteiger partial charge in [-0.15, -0.1) is 0 Å². The van der Waals surface area contributed by atoms with E-state index in [9.17, 15) is 0 Å². The molecule has 2 nitrogen and oxygen atoms in total. The van der Waals surface area contributed by atoms with Crippen LogP contribution >= 0.6 is 0 Å². The van der Waals surface area contributed by atoms with E-state index in [1.54, 1.807) is 0 Å². The van der Waals surface area contributed by atoms with Crippen LogP contribution in [0.15, 0.2) is 42.5 Å². The predicted octanol–water partition coefficient (Wildman–Crippen LogP) is 3.93. The van der Waals surface area contributed by atoms with Gasteiger partial charge in [0.05, 0.1) is 0 Å². The molecule has 3 rings (SSSR count). The van der Waals surface area contributed by atoms with Gasteiger partial charge in [-0.05, 0) is 61.7 Å². The Morgan fingerprint density at radius 1 is 1.05 bits per heavy atom. The van der Waals surface area contributed by atoms with Gasteiger partial charge in [-0.2, -0.15) is 0 Å². The lowest BCUT2D eigenvalue weighted by Gasteiger charge is -2.35. The fourth-order valence-corrected chi connectivity index (χ4v) is 3.92. The molecule has 0 amide bonds. The van der Waals surface area contributed by atoms with Crippen molar-refractivity contribution in [3.05, 3.63) is 48.0 Å². The van der Waals surface area contributed by atoms with Crippen LogP contribution < -0.4 is 5.73 Å². The molecule has 2 heteroatoms. The number of nitrogens with zero attached hydrogens (tertiary/aromatic N) is 1. The second-order valence-electron chi connectivity index (χ2n) is 6.66. The standard InChI is InChI=1S/C20H28N2/c1-2-20(16-21,12-15-22-13-5-6-14-22)19-11-7-9-17-8-3-4-10-18(17)19/h3-4,7-11H,2,5-6,12-16,21H2,1H3/t20-/m1/s1. The Bertz CT molecular complexity index is 605. The van der Waals surface area contributed by atoms with Gasteiger partial charge in [-0.3, -0.25) is 0 Å². The van der Waals surface area contributed by atoms with Crippen LogP contribution in [0.3, 0.4) is 0 Å². The minimum absolute atomic E-state index is 0.101. The van der Waals surface area contributed by atoms with Gasteiger partial charge in [-0.25, -0.2) is 0 Å². The normalized spacial score (nSPS) is 18.6. The number of nitrogens with two attached hydrogens (primary N) is 1. The van der Waals surface area contributed by atoms with Gasteiger partial charge in [0, 0.05) is 12.0 Å². The maximum atomic E-state index is 6.31. The molecule has 1 aliphatic rings. The van der Waals surface area contributed by atoms with Crippen molar-refractivity contribution in [3.63, 3.8) is 0 Å². The summed E-state index contributed by atoms with van der Waals surface area (Å²) < 4.78 is 0. The molecule has 0 radical (unpaired) electrons. The predicted molar refractivity (Wildman–Crippen MR) is 95.3 cm³/mol. The van der Waals surface area contributed by atoms with Crippen molar-refractivity contribution in [2.24, 2.45) is 5.73 Å². The number of likely N-dealkylation sites (tertiary alicyclic amines) is 1. The quantitative estimate of drug-likeness (QED) is 0.875. The molecular formula is C20H28N2. The van der Waals surface area contributed by atoms with Gasteiger partial charge in [0.15, 0.2) is 0 Å². The smallest absolute Gasteiger partial charge is 0.00912 e. The minimum atomic E-state index is 0.101. The second-order valence-corrected chi connectivity index (χ2v) is 6.66. The maximum Gasteiger partial charge on any atom is 0.00912 e. The van der Waals surface area contributed by atoms with Crippen LogP contribution in [0, 0.1) is 0 Å². The number of hydrogen-bond donors (Lipinski definition) is 1. The summed E-state index contributed by atoms with van der Waals surface area (Å²) in [6.07, 6.45) is 4.98. The highest BCUT2D eigenvalue weighted by atomic mass is 15.1. The summed E-state index contributed by atoms with van der Waals surface area (Å²) >= 11 is 0. The molecule has 0 saturated carbocycles. The SMILES string of the molecule is CC[C@](CN)(CCN1CCCC1)c1cccc2ccccc12. The molecule has 2 aromatic carbocycles. The van der Waals surface area contributed by atoms with Gasteiger partial charge in [0.1, 0.15) is 0 Å². The lowest BCUT2D eigenvalue weighted by Crippen LogP contribution is -2.38. The summed E-state index contributed by atoms with van der Waals surface area (Å²) in [5.41, 5.74) is 7.85. The Morgan fingerprint density at radius 2 is 1.77 bits per heavy atom. The van der Waals surface area contributed by atoms with Gasteiger partial charge < -0.3 is 10.6 Å². The summed E-state index contributed by atoms with van der Waals surface area (Å²) in [5, 5.41) is 2.70. The van der Waals surface area contributed by atoms with E-state index in [2.05, 4.69) is 54.3 Å². The molecule has 0 aliphatic carbocycles. The molecule has 0 spiro atoms. The Morgan fingerprint density at radius 3 is 2.50 bits per heavy atom. The molecule has 1 fully saturated rings. The van der Waals surface area contributed by atoms with Crippen LogP contribution in [0.25, 0.3) is 10.8 Å². The third-order valence-corrected chi connectivity index (χ3v) is 5.53. The number of hydrogen-bond acceptors (Lipinski definition) is 2. The average Bonchev–Trinajstić information content (AvgIpc) is 3.10. The molecule has 1 atom stereocenters. The molecular weight excluding hydrogens is 268 g/mol. The van der Waals surface area contributed by atoms with E-state index in [4.69, 9.17) is 5.73 Å². The van der Waals surface area contributed by atoms with E-state index >= 15 is 0 Å². The highest BCUT2D eigenvalue weighted by Crippen LogP contribution is 2.36. The van der Waals surface area contributed by atoms with Crippen molar-refractivity contribution in [1.29, 1.82) is 0 Å². The van der Waals surface area contributed by atoms with Crippen LogP contribution in [-0.2, 0) is 5.41 Å². The second kappa shape index (κ2) is 6.80. The average molecular weight is 296 g/mol. The number of rotatable bonds is 6. The summed E-state index contributed by atoms with van der Waals surface area (Å²) in [6, 6.07) is 15.4. The maximum absolute atomic E-state index is 6.31. The van der Waals surface area contributed by atoms with Crippen molar-refractivity contribution in [1.82, 2.24) is 4.90 Å². The first kappa shape index (κ1) is 15.5. The summed E-state index contributed by atoms with van der Waals surface area (Å²) in [6.45, 7) is 6.72. The third-order valence-electron chi connectivity index (χ3n) is 5.53. The van der Waals surface area contributed by atoms with Crippen LogP contribution in [0.4, 0.5) is 0 Å². The van der Waals surface area contributed by atoms with Crippen molar-refractivity contribution in [2.45, 2.75) is 38.0 Å². The zero-order valence-electron chi connectivity index (χ0n) is 13.7. The van der Waals surface area contributed by atoms with E-state index in [0.29, 0.717) is 0 Å². The zero-order chi connectivity index (χ0) is 15.4. The van der Waals surface area contributed by atoms with Gasteiger partial charge in [0.25, 0.3) is 0 Å². The third kappa shape index (κ3) is 2.90. The van der Waals surface area contributed by atoms with Crippen LogP contribution in [0.1, 0.15) is 38.2 Å². The van der Waals surface area contributed by atoms with E-state index in [-0.39, 0.29) is 5.41 Å². The number of benzene rings is 2. The van der Waals surface area contributed by atoms with E-state index in [1.165, 1.54) is 48.8 Å². The monoisotopic (exact) mass is 296 g/mol. The van der Waals surface area contributed by atoms with E-state index < -0.39 is 0 Å². The first-order valence-corrected chi connectivity index (χ1v) is 8.70. The van der Waals surface area contributed by atoms with Crippen molar-refractivity contribution in [2.75, 3.05) is 26.2 Å². The summed E-state index contributed by atoms with van der Waals surface area (Å²) in [5.74, 6) is 0. The number of fused-ring (bicyclic) bond motifs is 1. The minimum Gasteiger partial charge on any atom is -0.330 e. The van der Waals surface area contributed by atoms with Crippen molar-refractivity contribution < 1.29 is 0 Å². The Hall–Kier alpha value is -1.38. The first-order chi connectivity index (χ1) is 10.8. The fourth-order valence-electron chi connectivity index (χ4n) is 3.92. The first-order valence-electron chi connectivity index (χ1n) is 8.70. The summed E-state index contributed by atoms with van der Waals surface area (Å²) in [7, 11) is 0. The van der Waals surface area contributed by atoms with E-state index in [0.717, 1.165) is 19.4 Å². The Balaban J connectivity index is 1.93. The summed E-state index contributed by atoms with van der Waals surface area (Å²) in [4.78, 5) is 2.60. The van der Waals surface area contributed by atoms with Crippen LogP contribution in [-0.4, -0.2) is 31.1 Å². The van der Waals surface area contributed by atoms with Crippen molar-refractivity contribution >= 4 is 10.8 Å². The van der Waals surface area contributed by atoms with Gasteiger partial charge in [0.2, 0.25) is 0 Å². The molecule has 0 aromatic heterocycles. The van der Waals surface area contributed by atoms with Gasteiger partial charge in [-0.1, -0.05) is 49.4 Å². The van der Waals surface area contributed by atoms with E-state index in [1.807, 2.05) is 0 Å². The molecule has 22 heavy (non-hydrogen) atoms. The largest absolute Gasteiger partial charge is 0.330 e. The fraction of sp³-hybridized carbons (Fsp3) is 0.500. The molecule has 118 valence electrons. The molecule has 1 heterocycles. The lowest BCUT2D eigenvalue weighted by molar-refractivity contribution is 0.276. The van der Waals surface area contributed by atoms with Crippen LogP contribution in [0.2, 0.25) is 0 Å². The van der Waals surface area contributed by atoms with Crippen LogP contribution in [0.5, 0.6) is 0 Å². The Labute approximate surface area is 134 Å². The molecule has 0 unspecified atom stereocenters. The highest BCUT2D eigenvalue weighted by Gasteiger charge is 2.31. The Kier molecular flexibility index (Phi) is 4.80. The van der Waals surface area contributed by atoms with Gasteiger partial charge >= 0.3 is 0 Å². The topological polar surface area (TPSA) is 29.3 Å². The molecule has 1 aliphatic heterocycles.